The molecule has 0 aliphatic carbocycles. The molecule has 4 nitrogen and oxygen atoms in total. The van der Waals surface area contributed by atoms with Crippen LogP contribution >= 0.6 is 15.9 Å². The Hall–Kier alpha value is -2.01. The molecule has 0 heterocycles. The van der Waals surface area contributed by atoms with Gasteiger partial charge in [-0.25, -0.2) is 0 Å². The van der Waals surface area contributed by atoms with Crippen LogP contribution in [-0.2, 0) is 6.54 Å². The molecule has 0 aromatic heterocycles. The summed E-state index contributed by atoms with van der Waals surface area (Å²) in [4.78, 5) is 2.07. The van der Waals surface area contributed by atoms with E-state index in [4.69, 9.17) is 15.9 Å². The Bertz CT molecular complexity index is 640. The van der Waals surface area contributed by atoms with Gasteiger partial charge in [-0.05, 0) is 35.9 Å². The molecule has 110 valence electrons. The topological polar surface area (TPSA) is 62.3 Å². The number of benzene rings is 2. The molecule has 2 aromatic rings. The molecule has 5 heteroatoms. The van der Waals surface area contributed by atoms with Crippen LogP contribution in [0, 0.1) is 5.41 Å². The average Bonchev–Trinajstić information content (AvgIpc) is 2.47. The Kier molecular flexibility index (Phi) is 4.85. The van der Waals surface area contributed by atoms with Crippen LogP contribution in [0.4, 0.5) is 5.69 Å². The first kappa shape index (κ1) is 15.4. The zero-order valence-corrected chi connectivity index (χ0v) is 13.6. The van der Waals surface area contributed by atoms with Crippen LogP contribution < -0.4 is 15.4 Å². The molecule has 2 aromatic carbocycles. The van der Waals surface area contributed by atoms with Gasteiger partial charge in [0.15, 0.2) is 0 Å². The summed E-state index contributed by atoms with van der Waals surface area (Å²) in [6, 6.07) is 13.7. The van der Waals surface area contributed by atoms with Gasteiger partial charge < -0.3 is 15.4 Å². The second-order valence-corrected chi connectivity index (χ2v) is 5.69. The largest absolute Gasteiger partial charge is 0.497 e. The first-order valence-electron chi connectivity index (χ1n) is 6.49. The van der Waals surface area contributed by atoms with Gasteiger partial charge in [0, 0.05) is 29.3 Å². The quantitative estimate of drug-likeness (QED) is 0.643. The summed E-state index contributed by atoms with van der Waals surface area (Å²) in [7, 11) is 3.64. The highest BCUT2D eigenvalue weighted by Gasteiger charge is 2.11. The number of nitrogens with zero attached hydrogens (tertiary/aromatic N) is 1. The number of nitrogens with two attached hydrogens (primary N) is 1. The lowest BCUT2D eigenvalue weighted by Gasteiger charge is -2.22. The molecule has 0 bridgehead atoms. The Balaban J connectivity index is 2.24. The second kappa shape index (κ2) is 6.63. The molecular weight excluding hydrogens is 330 g/mol. The van der Waals surface area contributed by atoms with Crippen molar-refractivity contribution in [3.05, 3.63) is 58.1 Å². The number of amidine groups is 1. The summed E-state index contributed by atoms with van der Waals surface area (Å²) in [6.45, 7) is 0.723. The third-order valence-corrected chi connectivity index (χ3v) is 3.73. The maximum Gasteiger partial charge on any atom is 0.124 e. The minimum absolute atomic E-state index is 0.0686. The van der Waals surface area contributed by atoms with Crippen LogP contribution in [0.2, 0.25) is 0 Å². The van der Waals surface area contributed by atoms with E-state index >= 15 is 0 Å². The molecule has 0 spiro atoms. The van der Waals surface area contributed by atoms with Crippen molar-refractivity contribution in [2.45, 2.75) is 6.54 Å². The van der Waals surface area contributed by atoms with Crippen LogP contribution in [0.5, 0.6) is 5.75 Å². The zero-order chi connectivity index (χ0) is 15.4. The van der Waals surface area contributed by atoms with E-state index in [1.165, 1.54) is 0 Å². The number of ether oxygens (including phenoxy) is 1. The van der Waals surface area contributed by atoms with E-state index in [2.05, 4.69) is 20.8 Å². The summed E-state index contributed by atoms with van der Waals surface area (Å²) >= 11 is 3.46. The zero-order valence-electron chi connectivity index (χ0n) is 12.1. The fourth-order valence-corrected chi connectivity index (χ4v) is 2.49. The van der Waals surface area contributed by atoms with Crippen LogP contribution in [0.1, 0.15) is 11.1 Å². The number of hydrogen-bond acceptors (Lipinski definition) is 3. The lowest BCUT2D eigenvalue weighted by Crippen LogP contribution is -2.22. The molecule has 0 atom stereocenters. The van der Waals surface area contributed by atoms with Crippen molar-refractivity contribution >= 4 is 27.5 Å². The Labute approximate surface area is 133 Å². The molecule has 0 saturated heterocycles. The molecule has 0 aliphatic heterocycles. The summed E-state index contributed by atoms with van der Waals surface area (Å²) in [6.07, 6.45) is 0. The van der Waals surface area contributed by atoms with Crippen molar-refractivity contribution < 1.29 is 4.74 Å². The Morgan fingerprint density at radius 3 is 2.48 bits per heavy atom. The highest BCUT2D eigenvalue weighted by Crippen LogP contribution is 2.25. The molecule has 0 amide bonds. The van der Waals surface area contributed by atoms with Gasteiger partial charge in [0.2, 0.25) is 0 Å². The minimum Gasteiger partial charge on any atom is -0.497 e. The average molecular weight is 348 g/mol. The maximum absolute atomic E-state index is 7.69. The second-order valence-electron chi connectivity index (χ2n) is 4.78. The monoisotopic (exact) mass is 347 g/mol. The fourth-order valence-electron chi connectivity index (χ4n) is 2.14. The molecule has 0 fully saturated rings. The number of halogens is 1. The Morgan fingerprint density at radius 2 is 1.90 bits per heavy atom. The number of rotatable bonds is 5. The van der Waals surface area contributed by atoms with E-state index in [0.717, 1.165) is 33.6 Å². The smallest absolute Gasteiger partial charge is 0.124 e. The van der Waals surface area contributed by atoms with E-state index in [1.54, 1.807) is 7.11 Å². The number of methoxy groups -OCH3 is 1. The van der Waals surface area contributed by atoms with Crippen molar-refractivity contribution in [3.8, 4) is 5.75 Å². The molecule has 0 saturated carbocycles. The molecule has 0 radical (unpaired) electrons. The lowest BCUT2D eigenvalue weighted by molar-refractivity contribution is 0.414. The van der Waals surface area contributed by atoms with E-state index in [9.17, 15) is 0 Å². The van der Waals surface area contributed by atoms with E-state index in [0.29, 0.717) is 0 Å². The molecule has 2 rings (SSSR count). The normalized spacial score (nSPS) is 10.2. The fraction of sp³-hybridized carbons (Fsp3) is 0.188. The van der Waals surface area contributed by atoms with Gasteiger partial charge in [-0.1, -0.05) is 28.1 Å². The van der Waals surface area contributed by atoms with E-state index < -0.39 is 0 Å². The van der Waals surface area contributed by atoms with Gasteiger partial charge in [0.1, 0.15) is 11.6 Å². The molecular formula is C16H18BrN3O. The SMILES string of the molecule is COc1ccc(CN(C)c2cc(Br)ccc2C(=N)N)cc1. The highest BCUT2D eigenvalue weighted by atomic mass is 79.9. The van der Waals surface area contributed by atoms with Gasteiger partial charge in [-0.2, -0.15) is 0 Å². The van der Waals surface area contributed by atoms with Crippen LogP contribution in [0.15, 0.2) is 46.9 Å². The third-order valence-electron chi connectivity index (χ3n) is 3.24. The van der Waals surface area contributed by atoms with Gasteiger partial charge >= 0.3 is 0 Å². The van der Waals surface area contributed by atoms with E-state index in [1.807, 2.05) is 49.5 Å². The number of hydrogen-bond donors (Lipinski definition) is 2. The number of nitrogen functional groups attached to an aromatic ring is 1. The predicted octanol–water partition coefficient (Wildman–Crippen LogP) is 3.38. The van der Waals surface area contributed by atoms with E-state index in [-0.39, 0.29) is 5.84 Å². The van der Waals surface area contributed by atoms with Gasteiger partial charge in [-0.3, -0.25) is 5.41 Å². The van der Waals surface area contributed by atoms with Gasteiger partial charge in [0.25, 0.3) is 0 Å². The van der Waals surface area contributed by atoms with Crippen LogP contribution in [0.3, 0.4) is 0 Å². The number of nitrogens with one attached hydrogen (secondary N) is 1. The summed E-state index contributed by atoms with van der Waals surface area (Å²) in [5.41, 5.74) is 8.47. The molecule has 0 aliphatic rings. The minimum atomic E-state index is 0.0686. The van der Waals surface area contributed by atoms with Crippen molar-refractivity contribution in [2.75, 3.05) is 19.1 Å². The van der Waals surface area contributed by atoms with Crippen molar-refractivity contribution in [2.24, 2.45) is 5.73 Å². The molecule has 3 N–H and O–H groups in total. The molecule has 21 heavy (non-hydrogen) atoms. The van der Waals surface area contributed by atoms with Gasteiger partial charge in [-0.15, -0.1) is 0 Å². The summed E-state index contributed by atoms with van der Waals surface area (Å²) < 4.78 is 6.12. The van der Waals surface area contributed by atoms with Crippen LogP contribution in [0.25, 0.3) is 0 Å². The first-order valence-corrected chi connectivity index (χ1v) is 7.28. The first-order chi connectivity index (χ1) is 10.0. The molecule has 0 unspecified atom stereocenters. The number of anilines is 1. The third kappa shape index (κ3) is 3.76. The standard InChI is InChI=1S/C16H18BrN3O/c1-20(10-11-3-6-13(21-2)7-4-11)15-9-12(17)5-8-14(15)16(18)19/h3-9H,10H2,1-2H3,(H3,18,19). The van der Waals surface area contributed by atoms with Crippen molar-refractivity contribution in [1.29, 1.82) is 5.41 Å². The Morgan fingerprint density at radius 1 is 1.24 bits per heavy atom. The summed E-state index contributed by atoms with van der Waals surface area (Å²) in [5.74, 6) is 0.910. The van der Waals surface area contributed by atoms with Crippen LogP contribution in [-0.4, -0.2) is 20.0 Å². The maximum atomic E-state index is 7.69. The lowest BCUT2D eigenvalue weighted by atomic mass is 10.1. The van der Waals surface area contributed by atoms with Crippen molar-refractivity contribution in [3.63, 3.8) is 0 Å². The van der Waals surface area contributed by atoms with Crippen molar-refractivity contribution in [1.82, 2.24) is 0 Å². The predicted molar refractivity (Wildman–Crippen MR) is 90.3 cm³/mol. The summed E-state index contributed by atoms with van der Waals surface area (Å²) in [5, 5.41) is 7.69. The highest BCUT2D eigenvalue weighted by molar-refractivity contribution is 9.10. The van der Waals surface area contributed by atoms with Gasteiger partial charge in [0.05, 0.1) is 7.11 Å².